The van der Waals surface area contributed by atoms with Crippen LogP contribution in [0, 0.1) is 0 Å². The Hall–Kier alpha value is -2.53. The zero-order chi connectivity index (χ0) is 23.9. The van der Waals surface area contributed by atoms with Crippen molar-refractivity contribution in [3.8, 4) is 5.75 Å². The number of carbonyl (C=O) groups is 2. The zero-order valence-corrected chi connectivity index (χ0v) is 20.7. The van der Waals surface area contributed by atoms with Crippen molar-refractivity contribution in [1.82, 2.24) is 10.2 Å². The third-order valence-corrected chi connectivity index (χ3v) is 5.92. The van der Waals surface area contributed by atoms with E-state index >= 15 is 0 Å². The molecular weight excluding hydrogens is 424 g/mol. The minimum absolute atomic E-state index is 0.0276. The number of ether oxygens (including phenoxy) is 1. The molecule has 5 nitrogen and oxygen atoms in total. The number of halogens is 1. The van der Waals surface area contributed by atoms with Gasteiger partial charge in [0.05, 0.1) is 0 Å². The molecule has 2 aromatic carbocycles. The summed E-state index contributed by atoms with van der Waals surface area (Å²) >= 11 is 6.32. The molecule has 0 bridgehead atoms. The van der Waals surface area contributed by atoms with E-state index in [1.54, 1.807) is 13.0 Å². The van der Waals surface area contributed by atoms with Crippen LogP contribution in [0.15, 0.2) is 48.5 Å². The van der Waals surface area contributed by atoms with Crippen LogP contribution in [0.2, 0.25) is 5.02 Å². The minimum Gasteiger partial charge on any atom is -0.484 e. The Morgan fingerprint density at radius 2 is 1.69 bits per heavy atom. The summed E-state index contributed by atoms with van der Waals surface area (Å²) < 4.78 is 5.76. The van der Waals surface area contributed by atoms with Crippen LogP contribution in [0.1, 0.15) is 59.1 Å². The van der Waals surface area contributed by atoms with Crippen LogP contribution in [0.5, 0.6) is 5.75 Å². The molecule has 0 aromatic heterocycles. The maximum atomic E-state index is 13.1. The molecule has 1 N–H and O–H groups in total. The molecule has 174 valence electrons. The van der Waals surface area contributed by atoms with E-state index in [2.05, 4.69) is 26.1 Å². The lowest BCUT2D eigenvalue weighted by Gasteiger charge is -2.30. The fraction of sp³-hybridized carbons (Fsp3) is 0.462. The highest BCUT2D eigenvalue weighted by molar-refractivity contribution is 6.31. The standard InChI is InChI=1S/C26H35ClN2O3/c1-7-18(2)28-25(31)19(3)29(16-20-10-8-9-11-23(20)27)24(30)17-32-22-14-12-21(13-15-22)26(4,5)6/h8-15,18-19H,7,16-17H2,1-6H3,(H,28,31)/t18-,19-/m0/s1. The summed E-state index contributed by atoms with van der Waals surface area (Å²) in [5.74, 6) is 0.131. The lowest BCUT2D eigenvalue weighted by atomic mass is 9.87. The van der Waals surface area contributed by atoms with Crippen LogP contribution in [0.3, 0.4) is 0 Å². The number of rotatable bonds is 9. The Morgan fingerprint density at radius 3 is 2.25 bits per heavy atom. The monoisotopic (exact) mass is 458 g/mol. The highest BCUT2D eigenvalue weighted by Gasteiger charge is 2.27. The van der Waals surface area contributed by atoms with E-state index in [0.29, 0.717) is 10.8 Å². The van der Waals surface area contributed by atoms with E-state index in [9.17, 15) is 9.59 Å². The zero-order valence-electron chi connectivity index (χ0n) is 19.9. The number of amides is 2. The van der Waals surface area contributed by atoms with Crippen LogP contribution in [-0.2, 0) is 21.5 Å². The number of nitrogens with one attached hydrogen (secondary N) is 1. The lowest BCUT2D eigenvalue weighted by Crippen LogP contribution is -2.50. The van der Waals surface area contributed by atoms with Gasteiger partial charge in [0.1, 0.15) is 11.8 Å². The topological polar surface area (TPSA) is 58.6 Å². The number of hydrogen-bond acceptors (Lipinski definition) is 3. The number of carbonyl (C=O) groups excluding carboxylic acids is 2. The van der Waals surface area contributed by atoms with Gasteiger partial charge in [-0.25, -0.2) is 0 Å². The van der Waals surface area contributed by atoms with Crippen molar-refractivity contribution < 1.29 is 14.3 Å². The van der Waals surface area contributed by atoms with Crippen LogP contribution in [-0.4, -0.2) is 35.4 Å². The van der Waals surface area contributed by atoms with E-state index in [4.69, 9.17) is 16.3 Å². The van der Waals surface area contributed by atoms with Crippen molar-refractivity contribution >= 4 is 23.4 Å². The number of benzene rings is 2. The average molecular weight is 459 g/mol. The predicted molar refractivity (Wildman–Crippen MR) is 130 cm³/mol. The molecule has 0 aliphatic carbocycles. The molecule has 0 aliphatic heterocycles. The van der Waals surface area contributed by atoms with E-state index in [-0.39, 0.29) is 36.4 Å². The SMILES string of the molecule is CC[C@H](C)NC(=O)[C@H](C)N(Cc1ccccc1Cl)C(=O)COc1ccc(C(C)(C)C)cc1. The van der Waals surface area contributed by atoms with Gasteiger partial charge in [-0.3, -0.25) is 9.59 Å². The van der Waals surface area contributed by atoms with Gasteiger partial charge in [0, 0.05) is 17.6 Å². The van der Waals surface area contributed by atoms with Gasteiger partial charge in [-0.2, -0.15) is 0 Å². The summed E-state index contributed by atoms with van der Waals surface area (Å²) in [5.41, 5.74) is 2.01. The van der Waals surface area contributed by atoms with E-state index < -0.39 is 6.04 Å². The van der Waals surface area contributed by atoms with Crippen LogP contribution >= 0.6 is 11.6 Å². The summed E-state index contributed by atoms with van der Waals surface area (Å²) in [5, 5.41) is 3.51. The second-order valence-corrected chi connectivity index (χ2v) is 9.58. The van der Waals surface area contributed by atoms with Crippen LogP contribution < -0.4 is 10.1 Å². The van der Waals surface area contributed by atoms with E-state index in [1.807, 2.05) is 56.3 Å². The highest BCUT2D eigenvalue weighted by atomic mass is 35.5. The maximum absolute atomic E-state index is 13.1. The normalized spacial score (nSPS) is 13.2. The Labute approximate surface area is 197 Å². The number of hydrogen-bond donors (Lipinski definition) is 1. The van der Waals surface area contributed by atoms with E-state index in [0.717, 1.165) is 12.0 Å². The predicted octanol–water partition coefficient (Wildman–Crippen LogP) is 5.35. The first-order valence-corrected chi connectivity index (χ1v) is 11.5. The largest absolute Gasteiger partial charge is 0.484 e. The van der Waals surface area contributed by atoms with Crippen LogP contribution in [0.4, 0.5) is 0 Å². The first-order valence-electron chi connectivity index (χ1n) is 11.1. The van der Waals surface area contributed by atoms with E-state index in [1.165, 1.54) is 10.5 Å². The van der Waals surface area contributed by atoms with Gasteiger partial charge in [0.2, 0.25) is 5.91 Å². The third-order valence-electron chi connectivity index (χ3n) is 5.55. The summed E-state index contributed by atoms with van der Waals surface area (Å²) in [6.07, 6.45) is 0.810. The lowest BCUT2D eigenvalue weighted by molar-refractivity contribution is -0.142. The smallest absolute Gasteiger partial charge is 0.261 e. The van der Waals surface area contributed by atoms with Gasteiger partial charge in [0.15, 0.2) is 6.61 Å². The van der Waals surface area contributed by atoms with Crippen molar-refractivity contribution in [2.24, 2.45) is 0 Å². The minimum atomic E-state index is -0.667. The quantitative estimate of drug-likeness (QED) is 0.551. The third kappa shape index (κ3) is 7.27. The van der Waals surface area contributed by atoms with Crippen molar-refractivity contribution in [1.29, 1.82) is 0 Å². The number of nitrogens with zero attached hydrogens (tertiary/aromatic N) is 1. The van der Waals surface area contributed by atoms with Gasteiger partial charge in [-0.15, -0.1) is 0 Å². The Morgan fingerprint density at radius 1 is 1.06 bits per heavy atom. The molecule has 2 atom stereocenters. The highest BCUT2D eigenvalue weighted by Crippen LogP contribution is 2.24. The molecule has 0 saturated carbocycles. The van der Waals surface area contributed by atoms with Gasteiger partial charge in [-0.05, 0) is 55.0 Å². The van der Waals surface area contributed by atoms with Crippen molar-refractivity contribution in [2.75, 3.05) is 6.61 Å². The van der Waals surface area contributed by atoms with Gasteiger partial charge in [-0.1, -0.05) is 69.6 Å². The molecule has 2 rings (SSSR count). The van der Waals surface area contributed by atoms with Crippen molar-refractivity contribution in [3.05, 3.63) is 64.7 Å². The Balaban J connectivity index is 2.15. The average Bonchev–Trinajstić information content (AvgIpc) is 2.76. The first kappa shape index (κ1) is 25.7. The Kier molecular flexibility index (Phi) is 9.14. The molecule has 0 unspecified atom stereocenters. The molecule has 0 spiro atoms. The molecule has 32 heavy (non-hydrogen) atoms. The van der Waals surface area contributed by atoms with Crippen molar-refractivity contribution in [2.45, 2.75) is 72.0 Å². The van der Waals surface area contributed by atoms with Crippen LogP contribution in [0.25, 0.3) is 0 Å². The molecule has 0 radical (unpaired) electrons. The van der Waals surface area contributed by atoms with Gasteiger partial charge in [0.25, 0.3) is 5.91 Å². The fourth-order valence-electron chi connectivity index (χ4n) is 3.14. The molecule has 6 heteroatoms. The second kappa shape index (κ2) is 11.4. The summed E-state index contributed by atoms with van der Waals surface area (Å²) in [4.78, 5) is 27.4. The first-order chi connectivity index (χ1) is 15.0. The summed E-state index contributed by atoms with van der Waals surface area (Å²) in [7, 11) is 0. The van der Waals surface area contributed by atoms with Gasteiger partial charge >= 0.3 is 0 Å². The summed E-state index contributed by atoms with van der Waals surface area (Å²) in [6, 6.07) is 14.4. The second-order valence-electron chi connectivity index (χ2n) is 9.17. The van der Waals surface area contributed by atoms with Crippen molar-refractivity contribution in [3.63, 3.8) is 0 Å². The molecule has 0 saturated heterocycles. The molecular formula is C26H35ClN2O3. The molecule has 2 aromatic rings. The maximum Gasteiger partial charge on any atom is 0.261 e. The molecule has 2 amide bonds. The molecule has 0 heterocycles. The molecule has 0 fully saturated rings. The fourth-order valence-corrected chi connectivity index (χ4v) is 3.33. The van der Waals surface area contributed by atoms with Gasteiger partial charge < -0.3 is 15.0 Å². The summed E-state index contributed by atoms with van der Waals surface area (Å²) in [6.45, 7) is 12.2. The molecule has 0 aliphatic rings. The Bertz CT molecular complexity index is 906.